The molecule has 0 fully saturated rings. The normalized spacial score (nSPS) is 15.9. The second-order valence-corrected chi connectivity index (χ2v) is 6.81. The van der Waals surface area contributed by atoms with Crippen molar-refractivity contribution in [3.63, 3.8) is 0 Å². The van der Waals surface area contributed by atoms with Gasteiger partial charge in [-0.3, -0.25) is 4.79 Å². The fourth-order valence-electron chi connectivity index (χ4n) is 3.52. The summed E-state index contributed by atoms with van der Waals surface area (Å²) >= 11 is 0. The molecule has 0 radical (unpaired) electrons. The zero-order valence-electron chi connectivity index (χ0n) is 15.1. The number of rotatable bonds is 3. The summed E-state index contributed by atoms with van der Waals surface area (Å²) in [5.74, 6) is -0.532. The van der Waals surface area contributed by atoms with Crippen molar-refractivity contribution in [3.8, 4) is 5.69 Å². The first-order valence-corrected chi connectivity index (χ1v) is 8.73. The number of aryl methyl sites for hydroxylation is 1. The van der Waals surface area contributed by atoms with Gasteiger partial charge in [-0.05, 0) is 48.7 Å². The molecule has 0 saturated heterocycles. The van der Waals surface area contributed by atoms with Gasteiger partial charge in [0, 0.05) is 17.9 Å². The summed E-state index contributed by atoms with van der Waals surface area (Å²) in [7, 11) is 0. The van der Waals surface area contributed by atoms with Crippen LogP contribution in [0.4, 0.5) is 5.82 Å². The summed E-state index contributed by atoms with van der Waals surface area (Å²) in [6.45, 7) is 4.08. The Kier molecular flexibility index (Phi) is 4.03. The number of carboxylic acids is 1. The number of carboxylic acid groups (broad SMARTS) is 1. The maximum absolute atomic E-state index is 12.4. The number of aromatic nitrogens is 2. The minimum atomic E-state index is -0.966. The Morgan fingerprint density at radius 2 is 1.93 bits per heavy atom. The van der Waals surface area contributed by atoms with Crippen LogP contribution < -0.4 is 5.32 Å². The third-order valence-electron chi connectivity index (χ3n) is 5.18. The number of aromatic carboxylic acids is 1. The van der Waals surface area contributed by atoms with Gasteiger partial charge in [0.25, 0.3) is 0 Å². The van der Waals surface area contributed by atoms with Gasteiger partial charge in [-0.15, -0.1) is 0 Å². The number of hydrogen-bond donors (Lipinski definition) is 2. The number of hydrogen-bond acceptors (Lipinski definition) is 3. The van der Waals surface area contributed by atoms with Crippen LogP contribution in [-0.4, -0.2) is 26.8 Å². The molecule has 1 unspecified atom stereocenters. The van der Waals surface area contributed by atoms with Crippen LogP contribution in [0.1, 0.15) is 45.0 Å². The number of nitrogens with one attached hydrogen (secondary N) is 1. The van der Waals surface area contributed by atoms with Gasteiger partial charge < -0.3 is 10.4 Å². The number of amides is 1. The van der Waals surface area contributed by atoms with E-state index in [1.807, 2.05) is 32.0 Å². The van der Waals surface area contributed by atoms with Crippen molar-refractivity contribution >= 4 is 17.7 Å². The smallest absolute Gasteiger partial charge is 0.335 e. The molecule has 1 aliphatic rings. The molecule has 0 aliphatic carbocycles. The van der Waals surface area contributed by atoms with Crippen LogP contribution in [0.15, 0.2) is 48.7 Å². The minimum absolute atomic E-state index is 0.0816. The fourth-order valence-corrected chi connectivity index (χ4v) is 3.52. The Balaban J connectivity index is 1.80. The maximum Gasteiger partial charge on any atom is 0.335 e. The van der Waals surface area contributed by atoms with E-state index in [0.29, 0.717) is 12.2 Å². The lowest BCUT2D eigenvalue weighted by Crippen LogP contribution is -2.24. The molecule has 0 saturated carbocycles. The van der Waals surface area contributed by atoms with Gasteiger partial charge in [-0.2, -0.15) is 5.10 Å². The van der Waals surface area contributed by atoms with E-state index in [1.54, 1.807) is 35.1 Å². The first-order chi connectivity index (χ1) is 13.0. The van der Waals surface area contributed by atoms with Gasteiger partial charge in [0.15, 0.2) is 0 Å². The van der Waals surface area contributed by atoms with Crippen molar-refractivity contribution < 1.29 is 14.7 Å². The fraction of sp³-hybridized carbons (Fsp3) is 0.190. The highest BCUT2D eigenvalue weighted by Crippen LogP contribution is 2.38. The van der Waals surface area contributed by atoms with Crippen molar-refractivity contribution in [2.75, 3.05) is 5.32 Å². The summed E-state index contributed by atoms with van der Waals surface area (Å²) in [6, 6.07) is 12.7. The molecular weight excluding hydrogens is 342 g/mol. The predicted molar refractivity (Wildman–Crippen MR) is 102 cm³/mol. The van der Waals surface area contributed by atoms with E-state index in [2.05, 4.69) is 10.4 Å². The van der Waals surface area contributed by atoms with Crippen LogP contribution in [0.2, 0.25) is 0 Å². The topological polar surface area (TPSA) is 84.2 Å². The molecular formula is C21H19N3O3. The van der Waals surface area contributed by atoms with Gasteiger partial charge in [0.05, 0.1) is 17.4 Å². The monoisotopic (exact) mass is 361 g/mol. The Morgan fingerprint density at radius 1 is 1.19 bits per heavy atom. The molecule has 27 heavy (non-hydrogen) atoms. The minimum Gasteiger partial charge on any atom is -0.478 e. The van der Waals surface area contributed by atoms with Crippen LogP contribution in [0.3, 0.4) is 0 Å². The van der Waals surface area contributed by atoms with Gasteiger partial charge in [-0.25, -0.2) is 9.48 Å². The number of carbonyl (C=O) groups excluding carboxylic acids is 1. The highest BCUT2D eigenvalue weighted by atomic mass is 16.4. The van der Waals surface area contributed by atoms with Crippen molar-refractivity contribution in [2.24, 2.45) is 0 Å². The Morgan fingerprint density at radius 3 is 2.63 bits per heavy atom. The molecule has 0 spiro atoms. The molecule has 2 aromatic carbocycles. The maximum atomic E-state index is 12.4. The van der Waals surface area contributed by atoms with Gasteiger partial charge in [0.1, 0.15) is 5.82 Å². The third kappa shape index (κ3) is 2.89. The van der Waals surface area contributed by atoms with Gasteiger partial charge in [0.2, 0.25) is 5.91 Å². The zero-order chi connectivity index (χ0) is 19.1. The number of anilines is 1. The van der Waals surface area contributed by atoms with Crippen LogP contribution >= 0.6 is 0 Å². The standard InChI is InChI=1S/C21H19N3O3/c1-12-4-3-5-18(13(12)2)24-20-17(11-22-24)16(10-19(25)23-20)14-6-8-15(9-7-14)21(26)27/h3-9,11,16H,10H2,1-2H3,(H,23,25)(H,26,27). The molecule has 0 bridgehead atoms. The van der Waals surface area contributed by atoms with Crippen LogP contribution in [0.25, 0.3) is 5.69 Å². The Hall–Kier alpha value is -3.41. The van der Waals surface area contributed by atoms with Crippen molar-refractivity contribution in [3.05, 3.63) is 76.5 Å². The van der Waals surface area contributed by atoms with E-state index in [9.17, 15) is 9.59 Å². The van der Waals surface area contributed by atoms with Gasteiger partial charge >= 0.3 is 5.97 Å². The molecule has 3 aromatic rings. The summed E-state index contributed by atoms with van der Waals surface area (Å²) in [6.07, 6.45) is 2.09. The quantitative estimate of drug-likeness (QED) is 0.746. The van der Waals surface area contributed by atoms with E-state index in [-0.39, 0.29) is 17.4 Å². The van der Waals surface area contributed by atoms with Crippen molar-refractivity contribution in [1.29, 1.82) is 0 Å². The van der Waals surface area contributed by atoms with Crippen LogP contribution in [-0.2, 0) is 4.79 Å². The number of fused-ring (bicyclic) bond motifs is 1. The molecule has 6 heteroatoms. The SMILES string of the molecule is Cc1cccc(-n2ncc3c2NC(=O)CC3c2ccc(C(=O)O)cc2)c1C. The molecule has 1 amide bonds. The second kappa shape index (κ2) is 6.39. The molecule has 2 N–H and O–H groups in total. The summed E-state index contributed by atoms with van der Waals surface area (Å²) < 4.78 is 1.77. The molecule has 2 heterocycles. The van der Waals surface area contributed by atoms with E-state index in [0.717, 1.165) is 27.9 Å². The van der Waals surface area contributed by atoms with E-state index < -0.39 is 5.97 Å². The number of benzene rings is 2. The highest BCUT2D eigenvalue weighted by Gasteiger charge is 2.30. The average molecular weight is 361 g/mol. The molecule has 136 valence electrons. The lowest BCUT2D eigenvalue weighted by Gasteiger charge is -2.24. The van der Waals surface area contributed by atoms with E-state index in [1.165, 1.54) is 0 Å². The zero-order valence-corrected chi connectivity index (χ0v) is 15.1. The number of carbonyl (C=O) groups is 2. The molecule has 4 rings (SSSR count). The highest BCUT2D eigenvalue weighted by molar-refractivity contribution is 5.95. The lowest BCUT2D eigenvalue weighted by molar-refractivity contribution is -0.116. The largest absolute Gasteiger partial charge is 0.478 e. The Labute approximate surface area is 156 Å². The molecule has 1 aliphatic heterocycles. The van der Waals surface area contributed by atoms with E-state index in [4.69, 9.17) is 5.11 Å². The predicted octanol–water partition coefficient (Wildman–Crippen LogP) is 3.66. The summed E-state index contributed by atoms with van der Waals surface area (Å²) in [5, 5.41) is 16.6. The van der Waals surface area contributed by atoms with Crippen molar-refractivity contribution in [2.45, 2.75) is 26.2 Å². The number of nitrogens with zero attached hydrogens (tertiary/aromatic N) is 2. The second-order valence-electron chi connectivity index (χ2n) is 6.81. The first-order valence-electron chi connectivity index (χ1n) is 8.73. The summed E-state index contributed by atoms with van der Waals surface area (Å²) in [5.41, 5.74) is 5.24. The Bertz CT molecular complexity index is 1050. The summed E-state index contributed by atoms with van der Waals surface area (Å²) in [4.78, 5) is 23.5. The first kappa shape index (κ1) is 17.0. The van der Waals surface area contributed by atoms with Crippen LogP contribution in [0, 0.1) is 13.8 Å². The van der Waals surface area contributed by atoms with E-state index >= 15 is 0 Å². The van der Waals surface area contributed by atoms with Crippen LogP contribution in [0.5, 0.6) is 0 Å². The molecule has 6 nitrogen and oxygen atoms in total. The molecule has 1 atom stereocenters. The molecule has 1 aromatic heterocycles. The average Bonchev–Trinajstić information content (AvgIpc) is 3.07. The third-order valence-corrected chi connectivity index (χ3v) is 5.18. The van der Waals surface area contributed by atoms with Gasteiger partial charge in [-0.1, -0.05) is 24.3 Å². The lowest BCUT2D eigenvalue weighted by atomic mass is 9.87. The van der Waals surface area contributed by atoms with Crippen molar-refractivity contribution in [1.82, 2.24) is 9.78 Å².